The van der Waals surface area contributed by atoms with E-state index in [1.807, 2.05) is 6.92 Å². The number of phenols is 3. The Hall–Kier alpha value is -10.7. The summed E-state index contributed by atoms with van der Waals surface area (Å²) in [5, 5.41) is 65.8. The van der Waals surface area contributed by atoms with E-state index in [2.05, 4.69) is 30.8 Å². The van der Waals surface area contributed by atoms with Gasteiger partial charge < -0.3 is 49.8 Å². The van der Waals surface area contributed by atoms with Crippen LogP contribution in [0, 0.1) is 20.8 Å². The number of esters is 3. The number of rotatable bonds is 10. The van der Waals surface area contributed by atoms with Crippen LogP contribution in [0.3, 0.4) is 0 Å². The molecule has 1 amide bonds. The van der Waals surface area contributed by atoms with E-state index in [1.165, 1.54) is 87.5 Å². The Bertz CT molecular complexity index is 4540. The summed E-state index contributed by atoms with van der Waals surface area (Å²) in [5.74, 6) is -1.08. The van der Waals surface area contributed by atoms with E-state index < -0.39 is 46.4 Å². The molecular formula is C67H76N10O16S2. The number of carbonyl (C=O) groups is 4. The maximum Gasteiger partial charge on any atom is 0.413 e. The number of allylic oxidation sites excluding steroid dienone is 1. The summed E-state index contributed by atoms with van der Waals surface area (Å²) >= 11 is 2.60. The zero-order valence-corrected chi connectivity index (χ0v) is 57.2. The second-order valence-electron chi connectivity index (χ2n) is 24.9. The van der Waals surface area contributed by atoms with Crippen molar-refractivity contribution in [2.45, 2.75) is 133 Å². The van der Waals surface area contributed by atoms with Gasteiger partial charge in [0.25, 0.3) is 16.7 Å². The number of ether oxygens (including phenoxy) is 5. The quantitative estimate of drug-likeness (QED) is 0.0243. The number of carbonyl (C=O) groups excluding carboxylic acids is 4. The second-order valence-corrected chi connectivity index (χ2v) is 26.9. The Morgan fingerprint density at radius 2 is 0.958 bits per heavy atom. The number of phenolic OH excluding ortho intramolecular Hbond substituents is 3. The average molecular weight is 1340 g/mol. The van der Waals surface area contributed by atoms with Crippen LogP contribution in [-0.4, -0.2) is 103 Å². The SMILES string of the molecule is CC(O)=C(N=Nc1ccc(O)cc1)C(=O)OC(C)(C)C.COc1ccc(-n2nc(NC(=O)OC(C)(C)C)c3csc(N)c3c2=O)cc1.Cc1c(C(=O)OC(C)(C)C)nn(-c2ccc(O)cc2)c(=O)c1C.Cc1scc2c(C(=O)OC(C)(C)C)nn(-c3ccc(O)cc3)c(=O)c12. The number of nitrogens with one attached hydrogen (secondary N) is 1. The number of nitrogen functional groups attached to an aromatic ring is 1. The predicted octanol–water partition coefficient (Wildman–Crippen LogP) is 12.9. The fraction of sp³-hybridized carbons (Fsp3) is 0.313. The van der Waals surface area contributed by atoms with Gasteiger partial charge in [-0.1, -0.05) is 0 Å². The molecule has 95 heavy (non-hydrogen) atoms. The molecule has 0 bridgehead atoms. The van der Waals surface area contributed by atoms with E-state index in [4.69, 9.17) is 34.5 Å². The molecule has 26 nitrogen and oxygen atoms in total. The number of anilines is 2. The summed E-state index contributed by atoms with van der Waals surface area (Å²) in [6.07, 6.45) is -0.666. The van der Waals surface area contributed by atoms with Gasteiger partial charge in [-0.15, -0.1) is 32.9 Å². The molecule has 0 fully saturated rings. The third-order valence-corrected chi connectivity index (χ3v) is 14.2. The Morgan fingerprint density at radius 3 is 1.43 bits per heavy atom. The summed E-state index contributed by atoms with van der Waals surface area (Å²) in [6.45, 7) is 27.5. The second kappa shape index (κ2) is 29.9. The van der Waals surface area contributed by atoms with Crippen LogP contribution in [0.4, 0.5) is 21.3 Å². The summed E-state index contributed by atoms with van der Waals surface area (Å²) in [7, 11) is 1.56. The van der Waals surface area contributed by atoms with Crippen molar-refractivity contribution in [2.24, 2.45) is 10.2 Å². The highest BCUT2D eigenvalue weighted by Crippen LogP contribution is 2.32. The van der Waals surface area contributed by atoms with Crippen LogP contribution in [0.2, 0.25) is 0 Å². The van der Waals surface area contributed by atoms with Gasteiger partial charge in [0.1, 0.15) is 51.2 Å². The Morgan fingerprint density at radius 1 is 0.537 bits per heavy atom. The molecule has 0 radical (unpaired) electrons. The smallest absolute Gasteiger partial charge is 0.413 e. The maximum atomic E-state index is 12.9. The van der Waals surface area contributed by atoms with Crippen LogP contribution in [0.25, 0.3) is 38.6 Å². The Labute approximate surface area is 554 Å². The predicted molar refractivity (Wildman–Crippen MR) is 363 cm³/mol. The molecule has 9 rings (SSSR count). The van der Waals surface area contributed by atoms with Gasteiger partial charge in [-0.2, -0.15) is 29.4 Å². The third kappa shape index (κ3) is 19.9. The van der Waals surface area contributed by atoms with Gasteiger partial charge in [0.15, 0.2) is 17.2 Å². The maximum absolute atomic E-state index is 12.9. The number of hydrogen-bond donors (Lipinski definition) is 6. The minimum Gasteiger partial charge on any atom is -0.510 e. The lowest BCUT2D eigenvalue weighted by Crippen LogP contribution is -2.31. The molecule has 4 aromatic carbocycles. The van der Waals surface area contributed by atoms with Gasteiger partial charge in [-0.05, 0) is 213 Å². The van der Waals surface area contributed by atoms with Crippen LogP contribution in [0.15, 0.2) is 144 Å². The number of azo groups is 1. The van der Waals surface area contributed by atoms with E-state index >= 15 is 0 Å². The number of aliphatic hydroxyl groups is 1. The molecule has 0 aliphatic rings. The van der Waals surface area contributed by atoms with Gasteiger partial charge in [0.2, 0.25) is 5.70 Å². The topological polar surface area (TPSA) is 363 Å². The standard InChI is InChI=1S/C18H20N4O4S.C18H18N2O4S.C17H20N2O4.C14H18N2O4/c1-18(2,3)26-17(24)20-15-12-9-27-14(19)13(12)16(23)22(21-15)10-5-7-11(25-4)8-6-10;1-10-14-13(9-25-10)15(17(23)24-18(2,3)4)19-20(16(14)22)11-5-7-12(21)8-6-11;1-10-11(2)15(21)19(12-6-8-13(20)9-7-12)18-14(10)16(22)23-17(3,4)5;1-9(17)12(13(19)20-14(2,3)4)16-15-10-5-7-11(18)8-6-10/h5-9H,19H2,1-4H3,(H,20,21,24);5-9,21H,1-4H3;6-9,20H,1-5H3;5-8,17-18H,1-4H3. The van der Waals surface area contributed by atoms with Gasteiger partial charge in [-0.3, -0.25) is 19.7 Å². The molecule has 5 aromatic heterocycles. The van der Waals surface area contributed by atoms with Gasteiger partial charge in [-0.25, -0.2) is 19.2 Å². The van der Waals surface area contributed by atoms with Crippen molar-refractivity contribution in [3.8, 4) is 40.1 Å². The highest BCUT2D eigenvalue weighted by molar-refractivity contribution is 7.16. The molecule has 0 unspecified atom stereocenters. The Kier molecular flexibility index (Phi) is 23.1. The summed E-state index contributed by atoms with van der Waals surface area (Å²) in [6, 6.07) is 24.8. The number of nitrogens with zero attached hydrogens (tertiary/aromatic N) is 8. The first-order chi connectivity index (χ1) is 44.1. The molecule has 0 saturated carbocycles. The van der Waals surface area contributed by atoms with Gasteiger partial charge >= 0.3 is 24.0 Å². The number of aromatic hydroxyl groups is 3. The van der Waals surface area contributed by atoms with Crippen molar-refractivity contribution < 1.29 is 63.3 Å². The van der Waals surface area contributed by atoms with Gasteiger partial charge in [0.05, 0.1) is 45.6 Å². The van der Waals surface area contributed by atoms with Crippen LogP contribution < -0.4 is 32.5 Å². The summed E-state index contributed by atoms with van der Waals surface area (Å²) < 4.78 is 29.8. The lowest BCUT2D eigenvalue weighted by Gasteiger charge is -2.20. The summed E-state index contributed by atoms with van der Waals surface area (Å²) in [5.41, 5.74) is 5.04. The fourth-order valence-corrected chi connectivity index (χ4v) is 9.76. The molecule has 0 spiro atoms. The molecule has 5 heterocycles. The van der Waals surface area contributed by atoms with Crippen molar-refractivity contribution in [1.82, 2.24) is 29.3 Å². The van der Waals surface area contributed by atoms with E-state index in [9.17, 15) is 48.9 Å². The first-order valence-electron chi connectivity index (χ1n) is 29.1. The molecule has 7 N–H and O–H groups in total. The number of thiophene rings is 2. The molecular weight excluding hydrogens is 1260 g/mol. The number of aryl methyl sites for hydroxylation is 1. The summed E-state index contributed by atoms with van der Waals surface area (Å²) in [4.78, 5) is 87.9. The van der Waals surface area contributed by atoms with Crippen LogP contribution in [0.1, 0.15) is 127 Å². The van der Waals surface area contributed by atoms with Crippen LogP contribution in [-0.2, 0) is 23.7 Å². The van der Waals surface area contributed by atoms with Crippen molar-refractivity contribution in [2.75, 3.05) is 18.2 Å². The zero-order chi connectivity index (χ0) is 70.8. The molecule has 502 valence electrons. The Balaban J connectivity index is 0.000000202. The highest BCUT2D eigenvalue weighted by atomic mass is 32.1. The lowest BCUT2D eigenvalue weighted by molar-refractivity contribution is -0.150. The number of aliphatic hydroxyl groups excluding tert-OH is 1. The molecule has 28 heteroatoms. The normalized spacial score (nSPS) is 11.8. The number of hydrogen-bond acceptors (Lipinski definition) is 24. The average Bonchev–Trinajstić information content (AvgIpc) is 1.72. The minimum absolute atomic E-state index is 0.0805. The van der Waals surface area contributed by atoms with Crippen molar-refractivity contribution >= 4 is 84.7 Å². The number of aromatic nitrogens is 6. The number of fused-ring (bicyclic) bond motifs is 2. The fourth-order valence-electron chi connectivity index (χ4n) is 8.13. The first kappa shape index (κ1) is 73.3. The van der Waals surface area contributed by atoms with Crippen LogP contribution >= 0.6 is 22.7 Å². The van der Waals surface area contributed by atoms with Gasteiger partial charge in [0, 0.05) is 32.0 Å². The number of methoxy groups -OCH3 is 1. The monoisotopic (exact) mass is 1340 g/mol. The van der Waals surface area contributed by atoms with Crippen molar-refractivity contribution in [3.05, 3.63) is 178 Å². The first-order valence-corrected chi connectivity index (χ1v) is 30.9. The molecule has 0 aliphatic carbocycles. The third-order valence-electron chi connectivity index (χ3n) is 12.5. The number of nitrogens with two attached hydrogens (primary N) is 1. The van der Waals surface area contributed by atoms with Crippen molar-refractivity contribution in [1.29, 1.82) is 0 Å². The van der Waals surface area contributed by atoms with E-state index in [0.717, 1.165) is 9.56 Å². The zero-order valence-electron chi connectivity index (χ0n) is 55.6. The van der Waals surface area contributed by atoms with E-state index in [-0.39, 0.29) is 62.6 Å². The highest BCUT2D eigenvalue weighted by Gasteiger charge is 2.28. The number of amides is 1. The molecule has 0 saturated heterocycles. The molecule has 0 aliphatic heterocycles. The van der Waals surface area contributed by atoms with Crippen molar-refractivity contribution in [3.63, 3.8) is 0 Å². The minimum atomic E-state index is -0.750. The van der Waals surface area contributed by atoms with E-state index in [1.54, 1.807) is 163 Å². The molecule has 9 aromatic rings. The van der Waals surface area contributed by atoms with E-state index in [0.29, 0.717) is 66.2 Å². The lowest BCUT2D eigenvalue weighted by atomic mass is 10.1. The number of benzene rings is 4. The van der Waals surface area contributed by atoms with Crippen LogP contribution in [0.5, 0.6) is 23.0 Å². The largest absolute Gasteiger partial charge is 0.510 e. The molecule has 0 atom stereocenters.